The largest absolute Gasteiger partial charge is 0.500 e. The van der Waals surface area contributed by atoms with Crippen molar-refractivity contribution in [2.24, 2.45) is 16.6 Å². The first-order chi connectivity index (χ1) is 27.4. The fraction of sp³-hybridized carbons (Fsp3) is 0.475. The molecule has 0 atom stereocenters. The van der Waals surface area contributed by atoms with Crippen LogP contribution in [-0.4, -0.2) is 91.6 Å². The monoisotopic (exact) mass is 808 g/mol. The summed E-state index contributed by atoms with van der Waals surface area (Å²) in [5, 5.41) is 5.87. The first-order valence-electron chi connectivity index (χ1n) is 19.0. The van der Waals surface area contributed by atoms with Crippen LogP contribution in [0.1, 0.15) is 120 Å². The highest BCUT2D eigenvalue weighted by Crippen LogP contribution is 2.14. The van der Waals surface area contributed by atoms with Gasteiger partial charge in [0.1, 0.15) is 23.0 Å². The normalized spacial score (nSPS) is 12.1. The van der Waals surface area contributed by atoms with Gasteiger partial charge >= 0.3 is 17.9 Å². The molecule has 0 spiro atoms. The maximum atomic E-state index is 12.1. The van der Waals surface area contributed by atoms with E-state index in [1.165, 1.54) is 28.3 Å². The van der Waals surface area contributed by atoms with E-state index in [0.29, 0.717) is 30.4 Å². The first kappa shape index (κ1) is 47.8. The zero-order valence-electron chi connectivity index (χ0n) is 35.1. The minimum atomic E-state index is -0.648. The van der Waals surface area contributed by atoms with Gasteiger partial charge in [0, 0.05) is 47.3 Å². The number of nitrogens with one attached hydrogen (secondary N) is 2. The molecule has 0 aliphatic carbocycles. The summed E-state index contributed by atoms with van der Waals surface area (Å²) < 4.78 is 21.6. The van der Waals surface area contributed by atoms with E-state index in [9.17, 15) is 28.8 Å². The third-order valence-corrected chi connectivity index (χ3v) is 7.87. The van der Waals surface area contributed by atoms with Gasteiger partial charge in [0.15, 0.2) is 17.1 Å². The maximum absolute atomic E-state index is 12.1. The molecule has 0 radical (unpaired) electrons. The number of ether oxygens (including phenoxy) is 4. The molecular weight excluding hydrogens is 752 g/mol. The third kappa shape index (κ3) is 13.4. The molecule has 18 nitrogen and oxygen atoms in total. The van der Waals surface area contributed by atoms with Crippen LogP contribution >= 0.6 is 0 Å². The lowest BCUT2D eigenvalue weighted by Gasteiger charge is -2.03. The smallest absolute Gasteiger partial charge is 0.345 e. The summed E-state index contributed by atoms with van der Waals surface area (Å²) in [4.78, 5) is 81.7. The molecule has 0 fully saturated rings. The molecule has 0 unspecified atom stereocenters. The molecule has 0 saturated heterocycles. The van der Waals surface area contributed by atoms with E-state index in [0.717, 1.165) is 29.1 Å². The number of aliphatic imine (C=N–C) groups is 1. The Morgan fingerprint density at radius 2 is 1.19 bits per heavy atom. The first-order valence-corrected chi connectivity index (χ1v) is 19.0. The molecule has 1 aliphatic rings. The van der Waals surface area contributed by atoms with Gasteiger partial charge in [-0.25, -0.2) is 33.4 Å². The lowest BCUT2D eigenvalue weighted by molar-refractivity contribution is -0.140. The Kier molecular flexibility index (Phi) is 19.0. The molecule has 58 heavy (non-hydrogen) atoms. The van der Waals surface area contributed by atoms with Gasteiger partial charge in [0.05, 0.1) is 33.0 Å². The molecule has 5 heterocycles. The second-order valence-corrected chi connectivity index (χ2v) is 13.4. The van der Waals surface area contributed by atoms with Crippen molar-refractivity contribution >= 4 is 40.7 Å². The van der Waals surface area contributed by atoms with Crippen LogP contribution in [0.15, 0.2) is 62.7 Å². The number of allylic oxidation sites excluding steroid dienone is 1. The fourth-order valence-electron chi connectivity index (χ4n) is 4.71. The molecule has 0 saturated carbocycles. The van der Waals surface area contributed by atoms with E-state index in [-0.39, 0.29) is 54.1 Å². The van der Waals surface area contributed by atoms with Crippen LogP contribution in [0.3, 0.4) is 0 Å². The number of ketones is 1. The summed E-state index contributed by atoms with van der Waals surface area (Å²) >= 11 is 0. The van der Waals surface area contributed by atoms with Gasteiger partial charge in [-0.05, 0) is 58.4 Å². The number of esters is 3. The van der Waals surface area contributed by atoms with Crippen LogP contribution in [0.25, 0.3) is 11.3 Å². The van der Waals surface area contributed by atoms with Gasteiger partial charge in [-0.2, -0.15) is 0 Å². The highest BCUT2D eigenvalue weighted by atomic mass is 16.5. The van der Waals surface area contributed by atoms with Crippen LogP contribution in [0.5, 0.6) is 0 Å². The molecular formula is C40H56N8O10. The summed E-state index contributed by atoms with van der Waals surface area (Å²) in [5.41, 5.74) is 9.24. The van der Waals surface area contributed by atoms with E-state index < -0.39 is 29.0 Å². The molecule has 0 amide bonds. The fourth-order valence-corrected chi connectivity index (χ4v) is 4.71. The van der Waals surface area contributed by atoms with Crippen LogP contribution in [-0.2, 0) is 28.5 Å². The van der Waals surface area contributed by atoms with Crippen molar-refractivity contribution in [3.05, 3.63) is 91.4 Å². The number of hydrogen-bond acceptors (Lipinski definition) is 14. The van der Waals surface area contributed by atoms with Crippen molar-refractivity contribution in [2.45, 2.75) is 88.0 Å². The number of carbonyl (C=O) groups excluding carboxylic acids is 4. The number of nitrogens with two attached hydrogens (primary N) is 1. The van der Waals surface area contributed by atoms with E-state index in [1.54, 1.807) is 39.8 Å². The molecule has 1 aliphatic heterocycles. The van der Waals surface area contributed by atoms with Crippen LogP contribution < -0.4 is 16.9 Å². The van der Waals surface area contributed by atoms with Gasteiger partial charge in [-0.1, -0.05) is 41.5 Å². The number of H-pyrrole nitrogens is 2. The summed E-state index contributed by atoms with van der Waals surface area (Å²) in [6.45, 7) is 22.2. The SMILES string of the molecule is CC(C)C1=NCC(N)=C1.CCO/C=C(/C(C)=O)C(=O)OCC.CCOC(=O)c1cnc2cc(C(C)C)[nH]n2c1=O.CCOC(=O)c1cnc2cc(C(C)C)[nH]n2c1=O. The van der Waals surface area contributed by atoms with Crippen molar-refractivity contribution in [3.8, 4) is 0 Å². The summed E-state index contributed by atoms with van der Waals surface area (Å²) in [6, 6.07) is 3.59. The molecule has 0 aromatic carbocycles. The maximum Gasteiger partial charge on any atom is 0.345 e. The number of rotatable bonds is 12. The Hall–Kier alpha value is -6.33. The summed E-state index contributed by atoms with van der Waals surface area (Å²) in [6.07, 6.45) is 5.62. The Bertz CT molecular complexity index is 2140. The Labute approximate surface area is 336 Å². The van der Waals surface area contributed by atoms with Gasteiger partial charge in [-0.3, -0.25) is 29.6 Å². The number of fused-ring (bicyclic) bond motifs is 2. The number of aromatic amines is 2. The topological polar surface area (TPSA) is 244 Å². The Morgan fingerprint density at radius 3 is 1.50 bits per heavy atom. The van der Waals surface area contributed by atoms with Gasteiger partial charge in [-0.15, -0.1) is 0 Å². The van der Waals surface area contributed by atoms with Gasteiger partial charge < -0.3 is 24.7 Å². The summed E-state index contributed by atoms with van der Waals surface area (Å²) in [7, 11) is 0. The molecule has 5 rings (SSSR count). The minimum Gasteiger partial charge on any atom is -0.500 e. The molecule has 316 valence electrons. The third-order valence-electron chi connectivity index (χ3n) is 7.87. The van der Waals surface area contributed by atoms with Crippen molar-refractivity contribution in [2.75, 3.05) is 33.0 Å². The lowest BCUT2D eigenvalue weighted by atomic mass is 10.1. The number of nitrogens with zero attached hydrogens (tertiary/aromatic N) is 5. The molecule has 4 aromatic rings. The average molecular weight is 809 g/mol. The number of aromatic nitrogens is 6. The van der Waals surface area contributed by atoms with Crippen molar-refractivity contribution in [1.82, 2.24) is 29.2 Å². The summed E-state index contributed by atoms with van der Waals surface area (Å²) in [5.74, 6) is -1.27. The zero-order chi connectivity index (χ0) is 43.7. The van der Waals surface area contributed by atoms with Crippen LogP contribution in [0.2, 0.25) is 0 Å². The van der Waals surface area contributed by atoms with E-state index in [4.69, 9.17) is 19.9 Å². The molecule has 4 N–H and O–H groups in total. The quantitative estimate of drug-likeness (QED) is 0.0442. The second-order valence-electron chi connectivity index (χ2n) is 13.4. The van der Waals surface area contributed by atoms with E-state index >= 15 is 0 Å². The highest BCUT2D eigenvalue weighted by molar-refractivity contribution is 6.16. The van der Waals surface area contributed by atoms with Gasteiger partial charge in [0.2, 0.25) is 0 Å². The predicted molar refractivity (Wildman–Crippen MR) is 218 cm³/mol. The lowest BCUT2D eigenvalue weighted by Crippen LogP contribution is -2.24. The second kappa shape index (κ2) is 23.0. The molecule has 18 heteroatoms. The van der Waals surface area contributed by atoms with Crippen LogP contribution in [0, 0.1) is 5.92 Å². The van der Waals surface area contributed by atoms with Crippen molar-refractivity contribution < 1.29 is 38.1 Å². The average Bonchev–Trinajstić information content (AvgIpc) is 3.92. The highest BCUT2D eigenvalue weighted by Gasteiger charge is 2.18. The van der Waals surface area contributed by atoms with Crippen LogP contribution in [0.4, 0.5) is 0 Å². The Balaban J connectivity index is 0.000000275. The predicted octanol–water partition coefficient (Wildman–Crippen LogP) is 4.64. The Morgan fingerprint density at radius 1 is 0.741 bits per heavy atom. The number of hydrogen-bond donors (Lipinski definition) is 3. The standard InChI is InChI=1S/2C12H15N3O3.C9H14O4.C7H12N2/c2*1-4-18-12(17)8-6-13-10-5-9(7(2)3)14-15(10)11(8)16;1-4-12-6-8(7(3)10)9(11)13-5-2;1-5(2)7-3-6(8)4-9-7/h2*5-7,14H,4H2,1-3H3;6H,4-5H2,1-3H3;3,5H,4,8H2,1-2H3/b;;8-6-;. The minimum absolute atomic E-state index is 0.0521. The zero-order valence-corrected chi connectivity index (χ0v) is 35.1. The molecule has 4 aromatic heterocycles. The number of carbonyl (C=O) groups is 4. The molecule has 0 bridgehead atoms. The van der Waals surface area contributed by atoms with E-state index in [2.05, 4.69) is 43.7 Å². The number of Topliss-reactive ketones (excluding diaryl/α,β-unsaturated/α-hetero) is 1. The van der Waals surface area contributed by atoms with Gasteiger partial charge in [0.25, 0.3) is 11.1 Å². The van der Waals surface area contributed by atoms with Crippen molar-refractivity contribution in [1.29, 1.82) is 0 Å². The van der Waals surface area contributed by atoms with E-state index in [1.807, 2.05) is 33.8 Å². The van der Waals surface area contributed by atoms with Crippen molar-refractivity contribution in [3.63, 3.8) is 0 Å².